The Morgan fingerprint density at radius 3 is 2.70 bits per heavy atom. The van der Waals surface area contributed by atoms with Gasteiger partial charge in [-0.05, 0) is 44.7 Å². The highest BCUT2D eigenvalue weighted by atomic mass is 16.3. The molecule has 2 aliphatic rings. The molecule has 0 aromatic carbocycles. The predicted octanol–water partition coefficient (Wildman–Crippen LogP) is 1.89. The summed E-state index contributed by atoms with van der Waals surface area (Å²) in [4.78, 5) is 19.0. The van der Waals surface area contributed by atoms with E-state index in [-0.39, 0.29) is 18.1 Å². The average Bonchev–Trinajstić information content (AvgIpc) is 2.56. The van der Waals surface area contributed by atoms with Crippen molar-refractivity contribution in [2.75, 3.05) is 13.1 Å². The maximum Gasteiger partial charge on any atom is 0.253 e. The number of nitrogens with zero attached hydrogens (tertiary/aromatic N) is 2. The van der Waals surface area contributed by atoms with Crippen molar-refractivity contribution < 1.29 is 9.90 Å². The van der Waals surface area contributed by atoms with Crippen LogP contribution in [0.2, 0.25) is 0 Å². The lowest BCUT2D eigenvalue weighted by Crippen LogP contribution is -2.52. The molecular formula is C18H27N3O2. The van der Waals surface area contributed by atoms with Crippen LogP contribution in [-0.2, 0) is 0 Å². The third kappa shape index (κ3) is 3.90. The van der Waals surface area contributed by atoms with Gasteiger partial charge in [0.05, 0.1) is 11.7 Å². The number of carbonyl (C=O) groups is 1. The summed E-state index contributed by atoms with van der Waals surface area (Å²) >= 11 is 0. The summed E-state index contributed by atoms with van der Waals surface area (Å²) in [6, 6.07) is 4.17. The first-order valence-corrected chi connectivity index (χ1v) is 8.80. The van der Waals surface area contributed by atoms with E-state index >= 15 is 0 Å². The van der Waals surface area contributed by atoms with E-state index in [9.17, 15) is 9.90 Å². The van der Waals surface area contributed by atoms with E-state index in [1.54, 1.807) is 12.3 Å². The van der Waals surface area contributed by atoms with Crippen molar-refractivity contribution in [2.45, 2.75) is 63.6 Å². The average molecular weight is 317 g/mol. The van der Waals surface area contributed by atoms with Crippen LogP contribution in [-0.4, -0.2) is 52.2 Å². The molecule has 1 aromatic heterocycles. The van der Waals surface area contributed by atoms with E-state index in [0.717, 1.165) is 50.9 Å². The van der Waals surface area contributed by atoms with Crippen molar-refractivity contribution in [1.82, 2.24) is 15.2 Å². The van der Waals surface area contributed by atoms with Gasteiger partial charge >= 0.3 is 0 Å². The molecule has 1 aliphatic heterocycles. The molecule has 1 aromatic rings. The lowest BCUT2D eigenvalue weighted by molar-refractivity contribution is 0.00727. The molecule has 23 heavy (non-hydrogen) atoms. The zero-order valence-electron chi connectivity index (χ0n) is 13.9. The normalized spacial score (nSPS) is 26.9. The molecule has 2 N–H and O–H groups in total. The predicted molar refractivity (Wildman–Crippen MR) is 89.3 cm³/mol. The molecular weight excluding hydrogens is 290 g/mol. The molecule has 2 fully saturated rings. The summed E-state index contributed by atoms with van der Waals surface area (Å²) in [7, 11) is 0. The second-order valence-corrected chi connectivity index (χ2v) is 6.84. The van der Waals surface area contributed by atoms with Gasteiger partial charge in [-0.2, -0.15) is 0 Å². The summed E-state index contributed by atoms with van der Waals surface area (Å²) in [6.45, 7) is 3.78. The van der Waals surface area contributed by atoms with Crippen LogP contribution in [0.1, 0.15) is 54.6 Å². The largest absolute Gasteiger partial charge is 0.391 e. The highest BCUT2D eigenvalue weighted by molar-refractivity contribution is 5.95. The Bertz CT molecular complexity index is 541. The number of amides is 1. The summed E-state index contributed by atoms with van der Waals surface area (Å²) in [5, 5.41) is 13.3. The van der Waals surface area contributed by atoms with Crippen LogP contribution < -0.4 is 5.32 Å². The second kappa shape index (κ2) is 7.41. The van der Waals surface area contributed by atoms with Crippen molar-refractivity contribution in [3.8, 4) is 0 Å². The van der Waals surface area contributed by atoms with Crippen LogP contribution in [0.5, 0.6) is 0 Å². The summed E-state index contributed by atoms with van der Waals surface area (Å²) in [5.74, 6) is -0.0215. The van der Waals surface area contributed by atoms with E-state index in [4.69, 9.17) is 0 Å². The SMILES string of the molecule is Cc1ncccc1C(=O)NC1CCN(C2CCCCC2O)CC1. The number of carbonyl (C=O) groups excluding carboxylic acids is 1. The number of aryl methyl sites for hydroxylation is 1. The number of piperidine rings is 1. The Kier molecular flexibility index (Phi) is 5.28. The number of aliphatic hydroxyl groups is 1. The van der Waals surface area contributed by atoms with Crippen molar-refractivity contribution in [2.24, 2.45) is 0 Å². The fraction of sp³-hybridized carbons (Fsp3) is 0.667. The Morgan fingerprint density at radius 2 is 2.00 bits per heavy atom. The van der Waals surface area contributed by atoms with Crippen LogP contribution >= 0.6 is 0 Å². The molecule has 5 nitrogen and oxygen atoms in total. The third-order valence-corrected chi connectivity index (χ3v) is 5.28. The first-order valence-electron chi connectivity index (χ1n) is 8.80. The van der Waals surface area contributed by atoms with Crippen LogP contribution in [0.3, 0.4) is 0 Å². The molecule has 2 atom stereocenters. The molecule has 1 saturated heterocycles. The van der Waals surface area contributed by atoms with Gasteiger partial charge in [0.1, 0.15) is 0 Å². The number of hydrogen-bond acceptors (Lipinski definition) is 4. The Morgan fingerprint density at radius 1 is 1.26 bits per heavy atom. The van der Waals surface area contributed by atoms with Crippen molar-refractivity contribution in [3.63, 3.8) is 0 Å². The minimum atomic E-state index is -0.173. The molecule has 2 heterocycles. The smallest absolute Gasteiger partial charge is 0.253 e. The van der Waals surface area contributed by atoms with E-state index in [2.05, 4.69) is 15.2 Å². The van der Waals surface area contributed by atoms with E-state index in [1.807, 2.05) is 13.0 Å². The molecule has 5 heteroatoms. The van der Waals surface area contributed by atoms with E-state index < -0.39 is 0 Å². The lowest BCUT2D eigenvalue weighted by Gasteiger charge is -2.41. The monoisotopic (exact) mass is 317 g/mol. The second-order valence-electron chi connectivity index (χ2n) is 6.84. The summed E-state index contributed by atoms with van der Waals surface area (Å²) in [6.07, 6.45) is 7.85. The molecule has 2 unspecified atom stereocenters. The van der Waals surface area contributed by atoms with Gasteiger partial charge in [-0.1, -0.05) is 12.8 Å². The van der Waals surface area contributed by atoms with Crippen molar-refractivity contribution >= 4 is 5.91 Å². The van der Waals surface area contributed by atoms with Crippen molar-refractivity contribution in [3.05, 3.63) is 29.6 Å². The highest BCUT2D eigenvalue weighted by Crippen LogP contribution is 2.26. The number of rotatable bonds is 3. The minimum Gasteiger partial charge on any atom is -0.391 e. The maximum atomic E-state index is 12.4. The van der Waals surface area contributed by atoms with E-state index in [1.165, 1.54) is 6.42 Å². The number of likely N-dealkylation sites (tertiary alicyclic amines) is 1. The molecule has 1 aliphatic carbocycles. The maximum absolute atomic E-state index is 12.4. The summed E-state index contributed by atoms with van der Waals surface area (Å²) < 4.78 is 0. The number of aliphatic hydroxyl groups excluding tert-OH is 1. The van der Waals surface area contributed by atoms with Crippen LogP contribution in [0.15, 0.2) is 18.3 Å². The molecule has 1 amide bonds. The molecule has 0 radical (unpaired) electrons. The number of aromatic nitrogens is 1. The molecule has 0 spiro atoms. The fourth-order valence-corrected chi connectivity index (χ4v) is 3.88. The van der Waals surface area contributed by atoms with Gasteiger partial charge in [0.25, 0.3) is 5.91 Å². The lowest BCUT2D eigenvalue weighted by atomic mass is 9.89. The van der Waals surface area contributed by atoms with Gasteiger partial charge in [-0.15, -0.1) is 0 Å². The Hall–Kier alpha value is -1.46. The minimum absolute atomic E-state index is 0.0215. The van der Waals surface area contributed by atoms with Gasteiger partial charge in [0.15, 0.2) is 0 Å². The molecule has 0 bridgehead atoms. The van der Waals surface area contributed by atoms with Crippen LogP contribution in [0.25, 0.3) is 0 Å². The van der Waals surface area contributed by atoms with Gasteiger partial charge in [-0.25, -0.2) is 0 Å². The first kappa shape index (κ1) is 16.4. The van der Waals surface area contributed by atoms with Gasteiger partial charge in [0, 0.05) is 37.1 Å². The zero-order valence-corrected chi connectivity index (χ0v) is 13.9. The first-order chi connectivity index (χ1) is 11.1. The van der Waals surface area contributed by atoms with Gasteiger partial charge in [0.2, 0.25) is 0 Å². The van der Waals surface area contributed by atoms with Crippen LogP contribution in [0, 0.1) is 6.92 Å². The standard InChI is InChI=1S/C18H27N3O2/c1-13-15(5-4-10-19-13)18(23)20-14-8-11-21(12-9-14)16-6-2-3-7-17(16)22/h4-5,10,14,16-17,22H,2-3,6-9,11-12H2,1H3,(H,20,23). The number of pyridine rings is 1. The van der Waals surface area contributed by atoms with E-state index in [0.29, 0.717) is 11.6 Å². The highest BCUT2D eigenvalue weighted by Gasteiger charge is 2.31. The van der Waals surface area contributed by atoms with Crippen molar-refractivity contribution in [1.29, 1.82) is 0 Å². The fourth-order valence-electron chi connectivity index (χ4n) is 3.88. The molecule has 3 rings (SSSR count). The topological polar surface area (TPSA) is 65.5 Å². The quantitative estimate of drug-likeness (QED) is 0.893. The van der Waals surface area contributed by atoms with Gasteiger partial charge < -0.3 is 10.4 Å². The molecule has 126 valence electrons. The Labute approximate surface area is 138 Å². The number of hydrogen-bond donors (Lipinski definition) is 2. The third-order valence-electron chi connectivity index (χ3n) is 5.28. The molecule has 1 saturated carbocycles. The zero-order chi connectivity index (χ0) is 16.2. The Balaban J connectivity index is 1.51. The van der Waals surface area contributed by atoms with Crippen LogP contribution in [0.4, 0.5) is 0 Å². The number of nitrogens with one attached hydrogen (secondary N) is 1. The van der Waals surface area contributed by atoms with Gasteiger partial charge in [-0.3, -0.25) is 14.7 Å². The summed E-state index contributed by atoms with van der Waals surface area (Å²) in [5.41, 5.74) is 1.44.